The molecule has 1 heterocycles. The highest BCUT2D eigenvalue weighted by molar-refractivity contribution is 5.28. The Morgan fingerprint density at radius 3 is 2.19 bits per heavy atom. The van der Waals surface area contributed by atoms with Gasteiger partial charge in [-0.3, -0.25) is 0 Å². The molecule has 0 bridgehead atoms. The molecule has 1 fully saturated rings. The summed E-state index contributed by atoms with van der Waals surface area (Å²) >= 11 is 0. The average Bonchev–Trinajstić information content (AvgIpc) is 2.76. The van der Waals surface area contributed by atoms with E-state index in [4.69, 9.17) is 0 Å². The van der Waals surface area contributed by atoms with E-state index in [-0.39, 0.29) is 0 Å². The highest BCUT2D eigenvalue weighted by Crippen LogP contribution is 2.31. The second-order valence-electron chi connectivity index (χ2n) is 6.95. The third-order valence-corrected chi connectivity index (χ3v) is 5.76. The molecular weight excluding hydrogens is 256 g/mol. The van der Waals surface area contributed by atoms with Crippen LogP contribution >= 0.6 is 0 Å². The molecule has 0 aromatic heterocycles. The second-order valence-corrected chi connectivity index (χ2v) is 6.95. The Balaban J connectivity index is 1.54. The first kappa shape index (κ1) is 15.1. The van der Waals surface area contributed by atoms with E-state index >= 15 is 0 Å². The largest absolute Gasteiger partial charge is 0.314 e. The van der Waals surface area contributed by atoms with Crippen molar-refractivity contribution in [1.29, 1.82) is 0 Å². The zero-order valence-corrected chi connectivity index (χ0v) is 13.5. The molecule has 1 aliphatic carbocycles. The van der Waals surface area contributed by atoms with Gasteiger partial charge in [-0.25, -0.2) is 0 Å². The van der Waals surface area contributed by atoms with Gasteiger partial charge in [0.05, 0.1) is 0 Å². The summed E-state index contributed by atoms with van der Waals surface area (Å²) in [5, 5.41) is 3.66. The van der Waals surface area contributed by atoms with E-state index in [0.717, 1.165) is 0 Å². The van der Waals surface area contributed by atoms with E-state index in [1.165, 1.54) is 71.0 Å². The monoisotopic (exact) mass is 286 g/mol. The van der Waals surface area contributed by atoms with Crippen LogP contribution in [0.4, 0.5) is 0 Å². The minimum Gasteiger partial charge on any atom is -0.314 e. The molecule has 1 aromatic rings. The van der Waals surface area contributed by atoms with Crippen molar-refractivity contribution in [2.45, 2.75) is 56.9 Å². The summed E-state index contributed by atoms with van der Waals surface area (Å²) in [6, 6.07) is 9.00. The SMILES string of the molecule is CNC1(CCN2CCc3ccccc3CC2)CCCCC1. The van der Waals surface area contributed by atoms with Gasteiger partial charge in [-0.1, -0.05) is 43.5 Å². The Morgan fingerprint density at radius 1 is 1.00 bits per heavy atom. The van der Waals surface area contributed by atoms with Crippen LogP contribution in [-0.2, 0) is 12.8 Å². The molecule has 0 unspecified atom stereocenters. The summed E-state index contributed by atoms with van der Waals surface area (Å²) in [5.41, 5.74) is 3.57. The first-order valence-electron chi connectivity index (χ1n) is 8.79. The first-order valence-corrected chi connectivity index (χ1v) is 8.79. The molecular formula is C19H30N2. The van der Waals surface area contributed by atoms with Crippen LogP contribution in [0.3, 0.4) is 0 Å². The van der Waals surface area contributed by atoms with E-state index in [0.29, 0.717) is 5.54 Å². The third kappa shape index (κ3) is 3.67. The smallest absolute Gasteiger partial charge is 0.0190 e. The summed E-state index contributed by atoms with van der Waals surface area (Å²) in [6.45, 7) is 3.72. The van der Waals surface area contributed by atoms with Gasteiger partial charge < -0.3 is 10.2 Å². The predicted octanol–water partition coefficient (Wildman–Crippen LogP) is 3.40. The highest BCUT2D eigenvalue weighted by atomic mass is 15.1. The average molecular weight is 286 g/mol. The molecule has 1 N–H and O–H groups in total. The van der Waals surface area contributed by atoms with Gasteiger partial charge in [0, 0.05) is 18.6 Å². The molecule has 0 saturated heterocycles. The van der Waals surface area contributed by atoms with Gasteiger partial charge in [0.1, 0.15) is 0 Å². The molecule has 1 aromatic carbocycles. The number of hydrogen-bond acceptors (Lipinski definition) is 2. The van der Waals surface area contributed by atoms with Crippen LogP contribution in [0.1, 0.15) is 49.7 Å². The van der Waals surface area contributed by atoms with Crippen molar-refractivity contribution in [1.82, 2.24) is 10.2 Å². The maximum atomic E-state index is 3.66. The maximum absolute atomic E-state index is 3.66. The highest BCUT2D eigenvalue weighted by Gasteiger charge is 2.30. The van der Waals surface area contributed by atoms with Gasteiger partial charge >= 0.3 is 0 Å². The summed E-state index contributed by atoms with van der Waals surface area (Å²) in [4.78, 5) is 2.69. The van der Waals surface area contributed by atoms with Crippen LogP contribution in [0, 0.1) is 0 Å². The van der Waals surface area contributed by atoms with Crippen molar-refractivity contribution in [2.24, 2.45) is 0 Å². The number of benzene rings is 1. The minimum atomic E-state index is 0.428. The molecule has 116 valence electrons. The zero-order chi connectivity index (χ0) is 14.5. The Hall–Kier alpha value is -0.860. The molecule has 3 rings (SSSR count). The van der Waals surface area contributed by atoms with Crippen molar-refractivity contribution in [3.05, 3.63) is 35.4 Å². The van der Waals surface area contributed by atoms with Crippen molar-refractivity contribution in [3.63, 3.8) is 0 Å². The summed E-state index contributed by atoms with van der Waals surface area (Å²) < 4.78 is 0. The molecule has 2 nitrogen and oxygen atoms in total. The number of hydrogen-bond donors (Lipinski definition) is 1. The van der Waals surface area contributed by atoms with Gasteiger partial charge in [-0.2, -0.15) is 0 Å². The number of rotatable bonds is 4. The fraction of sp³-hybridized carbons (Fsp3) is 0.684. The number of nitrogens with one attached hydrogen (secondary N) is 1. The van der Waals surface area contributed by atoms with E-state index in [9.17, 15) is 0 Å². The van der Waals surface area contributed by atoms with Gasteiger partial charge in [-0.15, -0.1) is 0 Å². The van der Waals surface area contributed by atoms with E-state index in [2.05, 4.69) is 41.5 Å². The van der Waals surface area contributed by atoms with E-state index in [1.807, 2.05) is 0 Å². The van der Waals surface area contributed by atoms with Crippen molar-refractivity contribution in [2.75, 3.05) is 26.7 Å². The topological polar surface area (TPSA) is 15.3 Å². The van der Waals surface area contributed by atoms with E-state index < -0.39 is 0 Å². The Kier molecular flexibility index (Phi) is 4.97. The van der Waals surface area contributed by atoms with Crippen LogP contribution in [0.15, 0.2) is 24.3 Å². The zero-order valence-electron chi connectivity index (χ0n) is 13.5. The van der Waals surface area contributed by atoms with Crippen molar-refractivity contribution < 1.29 is 0 Å². The van der Waals surface area contributed by atoms with Crippen molar-refractivity contribution in [3.8, 4) is 0 Å². The van der Waals surface area contributed by atoms with Crippen LogP contribution in [-0.4, -0.2) is 37.1 Å². The van der Waals surface area contributed by atoms with Gasteiger partial charge in [0.2, 0.25) is 0 Å². The third-order valence-electron chi connectivity index (χ3n) is 5.76. The molecule has 0 radical (unpaired) electrons. The molecule has 0 spiro atoms. The van der Waals surface area contributed by atoms with Crippen LogP contribution in [0.2, 0.25) is 0 Å². The lowest BCUT2D eigenvalue weighted by atomic mass is 9.79. The van der Waals surface area contributed by atoms with Crippen LogP contribution < -0.4 is 5.32 Å². The molecule has 21 heavy (non-hydrogen) atoms. The minimum absolute atomic E-state index is 0.428. The summed E-state index contributed by atoms with van der Waals surface area (Å²) in [6.07, 6.45) is 10.8. The van der Waals surface area contributed by atoms with Crippen LogP contribution in [0.5, 0.6) is 0 Å². The first-order chi connectivity index (χ1) is 10.3. The molecule has 1 saturated carbocycles. The lowest BCUT2D eigenvalue weighted by Gasteiger charge is -2.38. The summed E-state index contributed by atoms with van der Waals surface area (Å²) in [7, 11) is 2.17. The standard InChI is InChI=1S/C19H30N2/c1-20-19(11-5-2-6-12-19)13-16-21-14-9-17-7-3-4-8-18(17)10-15-21/h3-4,7-8,20H,2,5-6,9-16H2,1H3. The Labute approximate surface area is 129 Å². The lowest BCUT2D eigenvalue weighted by Crippen LogP contribution is -2.47. The Bertz CT molecular complexity index is 422. The summed E-state index contributed by atoms with van der Waals surface area (Å²) in [5.74, 6) is 0. The molecule has 2 heteroatoms. The lowest BCUT2D eigenvalue weighted by molar-refractivity contribution is 0.185. The molecule has 0 atom stereocenters. The maximum Gasteiger partial charge on any atom is 0.0190 e. The molecule has 0 amide bonds. The Morgan fingerprint density at radius 2 is 1.62 bits per heavy atom. The second kappa shape index (κ2) is 6.93. The molecule has 1 aliphatic heterocycles. The number of nitrogens with zero attached hydrogens (tertiary/aromatic N) is 1. The normalized spacial score (nSPS) is 22.5. The van der Waals surface area contributed by atoms with Gasteiger partial charge in [0.15, 0.2) is 0 Å². The van der Waals surface area contributed by atoms with Gasteiger partial charge in [0.25, 0.3) is 0 Å². The fourth-order valence-electron chi connectivity index (χ4n) is 4.16. The number of fused-ring (bicyclic) bond motifs is 1. The fourth-order valence-corrected chi connectivity index (χ4v) is 4.16. The van der Waals surface area contributed by atoms with Crippen molar-refractivity contribution >= 4 is 0 Å². The molecule has 2 aliphatic rings. The van der Waals surface area contributed by atoms with E-state index in [1.54, 1.807) is 11.1 Å². The quantitative estimate of drug-likeness (QED) is 0.912. The predicted molar refractivity (Wildman–Crippen MR) is 89.8 cm³/mol. The van der Waals surface area contributed by atoms with Crippen LogP contribution in [0.25, 0.3) is 0 Å². The van der Waals surface area contributed by atoms with Gasteiger partial charge in [-0.05, 0) is 56.8 Å².